The third-order valence-electron chi connectivity index (χ3n) is 2.21. The van der Waals surface area contributed by atoms with Crippen LogP contribution in [0.15, 0.2) is 10.8 Å². The molecule has 0 aromatic carbocycles. The molecule has 0 aliphatic rings. The summed E-state index contributed by atoms with van der Waals surface area (Å²) in [6.07, 6.45) is 0.900. The Kier molecular flexibility index (Phi) is 4.89. The van der Waals surface area contributed by atoms with Crippen molar-refractivity contribution in [2.24, 2.45) is 5.73 Å². The predicted octanol–water partition coefficient (Wildman–Crippen LogP) is 2.19. The first kappa shape index (κ1) is 13.1. The Morgan fingerprint density at radius 1 is 1.56 bits per heavy atom. The number of nitrogens with zero attached hydrogens (tertiary/aromatic N) is 1. The topological polar surface area (TPSA) is 46.3 Å². The second kappa shape index (κ2) is 5.96. The Balaban J connectivity index is 2.82. The molecule has 0 fully saturated rings. The third kappa shape index (κ3) is 3.28. The van der Waals surface area contributed by atoms with Crippen LogP contribution in [0.25, 0.3) is 0 Å². The van der Waals surface area contributed by atoms with Crippen molar-refractivity contribution in [1.29, 1.82) is 0 Å². The maximum atomic E-state index is 12.2. The van der Waals surface area contributed by atoms with E-state index in [1.165, 1.54) is 11.3 Å². The second-order valence-electron chi connectivity index (χ2n) is 3.66. The van der Waals surface area contributed by atoms with Crippen LogP contribution in [-0.4, -0.2) is 28.9 Å². The van der Waals surface area contributed by atoms with E-state index in [0.29, 0.717) is 18.1 Å². The first-order chi connectivity index (χ1) is 7.56. The Hall–Kier alpha value is -0.940. The summed E-state index contributed by atoms with van der Waals surface area (Å²) < 4.78 is 0. The van der Waals surface area contributed by atoms with E-state index in [0.717, 1.165) is 17.5 Å². The molecule has 1 rings (SSSR count). The molecule has 0 aliphatic heterocycles. The summed E-state index contributed by atoms with van der Waals surface area (Å²) in [5, 5.41) is 3.85. The van der Waals surface area contributed by atoms with Crippen molar-refractivity contribution in [3.63, 3.8) is 0 Å². The van der Waals surface area contributed by atoms with E-state index in [1.54, 1.807) is 4.90 Å². The number of hydrogen-bond donors (Lipinski definition) is 1. The quantitative estimate of drug-likeness (QED) is 0.822. The van der Waals surface area contributed by atoms with Crippen molar-refractivity contribution in [1.82, 2.24) is 4.90 Å². The summed E-state index contributed by atoms with van der Waals surface area (Å²) >= 11 is 6.39. The van der Waals surface area contributed by atoms with E-state index in [-0.39, 0.29) is 5.91 Å². The molecule has 5 heteroatoms. The highest BCUT2D eigenvalue weighted by atomic mass is 32.1. The van der Waals surface area contributed by atoms with Crippen molar-refractivity contribution in [3.05, 3.63) is 21.9 Å². The normalized spacial score (nSPS) is 10.1. The minimum absolute atomic E-state index is 0.0217. The zero-order chi connectivity index (χ0) is 12.1. The smallest absolute Gasteiger partial charge is 0.255 e. The number of thiophene rings is 1. The summed E-state index contributed by atoms with van der Waals surface area (Å²) in [5.74, 6) is 0.0217. The van der Waals surface area contributed by atoms with E-state index in [2.05, 4.69) is 0 Å². The van der Waals surface area contributed by atoms with E-state index in [9.17, 15) is 4.79 Å². The average Bonchev–Trinajstić information content (AvgIpc) is 2.62. The first-order valence-electron chi connectivity index (χ1n) is 5.16. The van der Waals surface area contributed by atoms with E-state index in [4.69, 9.17) is 18.0 Å². The van der Waals surface area contributed by atoms with Gasteiger partial charge < -0.3 is 10.6 Å². The van der Waals surface area contributed by atoms with Crippen LogP contribution < -0.4 is 5.73 Å². The summed E-state index contributed by atoms with van der Waals surface area (Å²) in [6, 6.07) is 0. The highest BCUT2D eigenvalue weighted by Gasteiger charge is 2.17. The van der Waals surface area contributed by atoms with Gasteiger partial charge in [-0.25, -0.2) is 0 Å². The van der Waals surface area contributed by atoms with Gasteiger partial charge in [-0.2, -0.15) is 11.3 Å². The molecule has 0 saturated carbocycles. The highest BCUT2D eigenvalue weighted by Crippen LogP contribution is 2.16. The van der Waals surface area contributed by atoms with Crippen LogP contribution in [0.5, 0.6) is 0 Å². The van der Waals surface area contributed by atoms with Gasteiger partial charge in [0.2, 0.25) is 0 Å². The summed E-state index contributed by atoms with van der Waals surface area (Å²) in [7, 11) is 0. The van der Waals surface area contributed by atoms with Crippen molar-refractivity contribution < 1.29 is 4.79 Å². The molecule has 0 bridgehead atoms. The van der Waals surface area contributed by atoms with Crippen LogP contribution in [0.2, 0.25) is 0 Å². The molecule has 1 aromatic rings. The van der Waals surface area contributed by atoms with Crippen molar-refractivity contribution >= 4 is 34.5 Å². The average molecular weight is 256 g/mol. The SMILES string of the molecule is CCCN(CC(N)=S)C(=O)c1cscc1C. The molecule has 3 nitrogen and oxygen atoms in total. The molecule has 1 aromatic heterocycles. The molecule has 0 unspecified atom stereocenters. The van der Waals surface area contributed by atoms with Gasteiger partial charge in [0, 0.05) is 11.9 Å². The largest absolute Gasteiger partial charge is 0.392 e. The Bertz CT molecular complexity index is 387. The van der Waals surface area contributed by atoms with Gasteiger partial charge in [0.1, 0.15) is 0 Å². The predicted molar refractivity (Wildman–Crippen MR) is 72.0 cm³/mol. The second-order valence-corrected chi connectivity index (χ2v) is 4.93. The zero-order valence-corrected chi connectivity index (χ0v) is 11.2. The molecule has 16 heavy (non-hydrogen) atoms. The van der Waals surface area contributed by atoms with Gasteiger partial charge in [-0.3, -0.25) is 4.79 Å². The standard InChI is InChI=1S/C11H16N2OS2/c1-3-4-13(5-10(12)15)11(14)9-7-16-6-8(9)2/h6-7H,3-5H2,1-2H3,(H2,12,15). The van der Waals surface area contributed by atoms with Gasteiger partial charge in [-0.1, -0.05) is 19.1 Å². The lowest BCUT2D eigenvalue weighted by Crippen LogP contribution is -2.38. The first-order valence-corrected chi connectivity index (χ1v) is 6.51. The molecule has 0 atom stereocenters. The Labute approximate surface area is 105 Å². The number of carbonyl (C=O) groups excluding carboxylic acids is 1. The van der Waals surface area contributed by atoms with Crippen LogP contribution in [0, 0.1) is 6.92 Å². The fourth-order valence-electron chi connectivity index (χ4n) is 1.46. The van der Waals surface area contributed by atoms with Crippen molar-refractivity contribution in [2.45, 2.75) is 20.3 Å². The highest BCUT2D eigenvalue weighted by molar-refractivity contribution is 7.80. The number of nitrogens with two attached hydrogens (primary N) is 1. The molecule has 1 amide bonds. The molecule has 1 heterocycles. The number of hydrogen-bond acceptors (Lipinski definition) is 3. The van der Waals surface area contributed by atoms with Gasteiger partial charge in [-0.15, -0.1) is 0 Å². The molecule has 0 radical (unpaired) electrons. The Morgan fingerprint density at radius 2 is 2.25 bits per heavy atom. The molecular weight excluding hydrogens is 240 g/mol. The molecule has 2 N–H and O–H groups in total. The molecule has 0 saturated heterocycles. The van der Waals surface area contributed by atoms with E-state index in [1.807, 2.05) is 24.6 Å². The van der Waals surface area contributed by atoms with Gasteiger partial charge in [0.05, 0.1) is 17.1 Å². The number of carbonyl (C=O) groups is 1. The van der Waals surface area contributed by atoms with Gasteiger partial charge in [-0.05, 0) is 24.3 Å². The van der Waals surface area contributed by atoms with Gasteiger partial charge >= 0.3 is 0 Å². The number of aryl methyl sites for hydroxylation is 1. The lowest BCUT2D eigenvalue weighted by atomic mass is 10.2. The zero-order valence-electron chi connectivity index (χ0n) is 9.53. The maximum Gasteiger partial charge on any atom is 0.255 e. The van der Waals surface area contributed by atoms with Crippen LogP contribution in [0.1, 0.15) is 29.3 Å². The lowest BCUT2D eigenvalue weighted by molar-refractivity contribution is 0.0780. The van der Waals surface area contributed by atoms with E-state index < -0.39 is 0 Å². The third-order valence-corrected chi connectivity index (χ3v) is 3.20. The summed E-state index contributed by atoms with van der Waals surface area (Å²) in [4.78, 5) is 14.2. The van der Waals surface area contributed by atoms with Crippen molar-refractivity contribution in [3.8, 4) is 0 Å². The molecule has 0 spiro atoms. The molecule has 0 aliphatic carbocycles. The summed E-state index contributed by atoms with van der Waals surface area (Å²) in [5.41, 5.74) is 7.26. The molecular formula is C11H16N2OS2. The monoisotopic (exact) mass is 256 g/mol. The minimum atomic E-state index is 0.0217. The van der Waals surface area contributed by atoms with Gasteiger partial charge in [0.15, 0.2) is 0 Å². The van der Waals surface area contributed by atoms with E-state index >= 15 is 0 Å². The maximum absolute atomic E-state index is 12.2. The molecule has 88 valence electrons. The van der Waals surface area contributed by atoms with Crippen LogP contribution in [0.4, 0.5) is 0 Å². The fourth-order valence-corrected chi connectivity index (χ4v) is 2.44. The number of thiocarbonyl (C=S) groups is 1. The van der Waals surface area contributed by atoms with Crippen LogP contribution in [0.3, 0.4) is 0 Å². The van der Waals surface area contributed by atoms with Crippen LogP contribution >= 0.6 is 23.6 Å². The van der Waals surface area contributed by atoms with Crippen molar-refractivity contribution in [2.75, 3.05) is 13.1 Å². The lowest BCUT2D eigenvalue weighted by Gasteiger charge is -2.21. The van der Waals surface area contributed by atoms with Crippen LogP contribution in [-0.2, 0) is 0 Å². The minimum Gasteiger partial charge on any atom is -0.392 e. The fraction of sp³-hybridized carbons (Fsp3) is 0.455. The number of amides is 1. The van der Waals surface area contributed by atoms with Gasteiger partial charge in [0.25, 0.3) is 5.91 Å². The Morgan fingerprint density at radius 3 is 2.69 bits per heavy atom. The summed E-state index contributed by atoms with van der Waals surface area (Å²) in [6.45, 7) is 5.01. The number of rotatable bonds is 5.